The topological polar surface area (TPSA) is 58.2 Å². The van der Waals surface area contributed by atoms with Gasteiger partial charge in [-0.15, -0.1) is 11.8 Å². The highest BCUT2D eigenvalue weighted by molar-refractivity contribution is 7.99. The number of amides is 1. The van der Waals surface area contributed by atoms with E-state index >= 15 is 0 Å². The van der Waals surface area contributed by atoms with E-state index in [1.807, 2.05) is 36.1 Å². The van der Waals surface area contributed by atoms with Gasteiger partial charge in [0.1, 0.15) is 5.75 Å². The molecular formula is C18H21N3O2S. The van der Waals surface area contributed by atoms with E-state index < -0.39 is 0 Å². The standard InChI is InChI=1S/C18H21N3O2S/c1-12-9-14(20-19-12)13-5-4-8-21(10-13)18(22)16-11-24-17-7-3-2-6-15(17)23-16/h2-3,6-7,9,13,16H,4-5,8,10-11H2,1H3,(H,19,20)/t13-,16+/m1/s1. The van der Waals surface area contributed by atoms with Crippen molar-refractivity contribution in [3.8, 4) is 5.75 Å². The average molecular weight is 343 g/mol. The number of para-hydroxylation sites is 1. The van der Waals surface area contributed by atoms with Gasteiger partial charge in [-0.05, 0) is 38.0 Å². The second kappa shape index (κ2) is 6.51. The van der Waals surface area contributed by atoms with E-state index in [1.165, 1.54) is 0 Å². The average Bonchev–Trinajstić information content (AvgIpc) is 3.07. The first-order valence-electron chi connectivity index (χ1n) is 8.40. The van der Waals surface area contributed by atoms with Crippen molar-refractivity contribution in [3.05, 3.63) is 41.7 Å². The van der Waals surface area contributed by atoms with Gasteiger partial charge in [0.25, 0.3) is 5.91 Å². The zero-order valence-electron chi connectivity index (χ0n) is 13.7. The van der Waals surface area contributed by atoms with Crippen LogP contribution >= 0.6 is 11.8 Å². The van der Waals surface area contributed by atoms with E-state index in [1.54, 1.807) is 11.8 Å². The summed E-state index contributed by atoms with van der Waals surface area (Å²) in [5.41, 5.74) is 2.13. The Balaban J connectivity index is 1.45. The van der Waals surface area contributed by atoms with Gasteiger partial charge < -0.3 is 9.64 Å². The first kappa shape index (κ1) is 15.6. The Morgan fingerprint density at radius 2 is 2.29 bits per heavy atom. The van der Waals surface area contributed by atoms with E-state index in [-0.39, 0.29) is 12.0 Å². The third-order valence-corrected chi connectivity index (χ3v) is 5.78. The number of hydrogen-bond donors (Lipinski definition) is 1. The molecule has 0 bridgehead atoms. The molecule has 126 valence electrons. The molecule has 0 radical (unpaired) electrons. The van der Waals surface area contributed by atoms with Crippen LogP contribution in [0.15, 0.2) is 35.2 Å². The molecule has 1 aromatic heterocycles. The summed E-state index contributed by atoms with van der Waals surface area (Å²) in [5, 5.41) is 7.38. The second-order valence-electron chi connectivity index (χ2n) is 6.46. The number of H-pyrrole nitrogens is 1. The Morgan fingerprint density at radius 1 is 1.42 bits per heavy atom. The van der Waals surface area contributed by atoms with Crippen molar-refractivity contribution < 1.29 is 9.53 Å². The Labute approximate surface area is 145 Å². The van der Waals surface area contributed by atoms with Crippen molar-refractivity contribution >= 4 is 17.7 Å². The van der Waals surface area contributed by atoms with Crippen molar-refractivity contribution in [1.82, 2.24) is 15.1 Å². The third-order valence-electron chi connectivity index (χ3n) is 4.66. The quantitative estimate of drug-likeness (QED) is 0.911. The molecular weight excluding hydrogens is 322 g/mol. The van der Waals surface area contributed by atoms with Crippen LogP contribution in [0.5, 0.6) is 5.75 Å². The number of aromatic nitrogens is 2. The molecule has 0 saturated carbocycles. The van der Waals surface area contributed by atoms with Crippen LogP contribution in [0, 0.1) is 6.92 Å². The second-order valence-corrected chi connectivity index (χ2v) is 7.53. The van der Waals surface area contributed by atoms with Crippen LogP contribution in [0.1, 0.15) is 30.1 Å². The van der Waals surface area contributed by atoms with E-state index in [0.29, 0.717) is 11.7 Å². The third kappa shape index (κ3) is 3.02. The van der Waals surface area contributed by atoms with E-state index in [2.05, 4.69) is 16.3 Å². The molecule has 2 aromatic rings. The lowest BCUT2D eigenvalue weighted by molar-refractivity contribution is -0.139. The Kier molecular flexibility index (Phi) is 4.22. The molecule has 2 aliphatic heterocycles. The van der Waals surface area contributed by atoms with Crippen LogP contribution in [0.25, 0.3) is 0 Å². The number of benzene rings is 1. The molecule has 6 heteroatoms. The maximum atomic E-state index is 12.9. The van der Waals surface area contributed by atoms with Gasteiger partial charge in [0.2, 0.25) is 0 Å². The number of rotatable bonds is 2. The number of carbonyl (C=O) groups excluding carboxylic acids is 1. The Morgan fingerprint density at radius 3 is 3.12 bits per heavy atom. The lowest BCUT2D eigenvalue weighted by Crippen LogP contribution is -2.48. The molecule has 4 rings (SSSR count). The number of carbonyl (C=O) groups is 1. The fourth-order valence-corrected chi connectivity index (χ4v) is 4.39. The summed E-state index contributed by atoms with van der Waals surface area (Å²) < 4.78 is 5.96. The van der Waals surface area contributed by atoms with Crippen LogP contribution in [0.3, 0.4) is 0 Å². The van der Waals surface area contributed by atoms with Crippen LogP contribution in [0.4, 0.5) is 0 Å². The van der Waals surface area contributed by atoms with E-state index in [0.717, 1.165) is 48.0 Å². The molecule has 2 atom stereocenters. The number of aromatic amines is 1. The van der Waals surface area contributed by atoms with E-state index in [4.69, 9.17) is 4.74 Å². The largest absolute Gasteiger partial charge is 0.479 e. The van der Waals surface area contributed by atoms with Crippen LogP contribution in [-0.4, -0.2) is 46.0 Å². The minimum absolute atomic E-state index is 0.106. The molecule has 0 aliphatic carbocycles. The van der Waals surface area contributed by atoms with Crippen LogP contribution in [-0.2, 0) is 4.79 Å². The smallest absolute Gasteiger partial charge is 0.264 e. The minimum Gasteiger partial charge on any atom is -0.479 e. The Bertz CT molecular complexity index is 745. The van der Waals surface area contributed by atoms with Crippen molar-refractivity contribution in [2.45, 2.75) is 36.7 Å². The summed E-state index contributed by atoms with van der Waals surface area (Å²) in [6.45, 7) is 3.55. The Hall–Kier alpha value is -1.95. The zero-order valence-corrected chi connectivity index (χ0v) is 14.5. The number of fused-ring (bicyclic) bond motifs is 1. The van der Waals surface area contributed by atoms with Gasteiger partial charge in [-0.2, -0.15) is 5.10 Å². The minimum atomic E-state index is -0.385. The fourth-order valence-electron chi connectivity index (χ4n) is 3.41. The summed E-state index contributed by atoms with van der Waals surface area (Å²) in [4.78, 5) is 16.0. The molecule has 0 spiro atoms. The van der Waals surface area contributed by atoms with Crippen molar-refractivity contribution in [2.75, 3.05) is 18.8 Å². The SMILES string of the molecule is Cc1cc([C@@H]2CCCN(C(=O)[C@@H]3CSc4ccccc4O3)C2)n[nH]1. The molecule has 1 aromatic carbocycles. The number of hydrogen-bond acceptors (Lipinski definition) is 4. The highest BCUT2D eigenvalue weighted by Crippen LogP contribution is 2.36. The van der Waals surface area contributed by atoms with Gasteiger partial charge in [-0.25, -0.2) is 0 Å². The molecule has 24 heavy (non-hydrogen) atoms. The number of aryl methyl sites for hydroxylation is 1. The molecule has 1 saturated heterocycles. The summed E-state index contributed by atoms with van der Waals surface area (Å²) in [6, 6.07) is 10.0. The van der Waals surface area contributed by atoms with Crippen LogP contribution in [0.2, 0.25) is 0 Å². The first-order chi connectivity index (χ1) is 11.7. The summed E-state index contributed by atoms with van der Waals surface area (Å²) in [6.07, 6.45) is 1.71. The summed E-state index contributed by atoms with van der Waals surface area (Å²) >= 11 is 1.70. The molecule has 2 aliphatic rings. The number of thioether (sulfide) groups is 1. The number of piperidine rings is 1. The molecule has 1 N–H and O–H groups in total. The highest BCUT2D eigenvalue weighted by atomic mass is 32.2. The first-order valence-corrected chi connectivity index (χ1v) is 9.38. The van der Waals surface area contributed by atoms with E-state index in [9.17, 15) is 4.79 Å². The van der Waals surface area contributed by atoms with Gasteiger partial charge in [0.05, 0.1) is 5.69 Å². The molecule has 0 unspecified atom stereocenters. The monoisotopic (exact) mass is 343 g/mol. The molecule has 5 nitrogen and oxygen atoms in total. The summed E-state index contributed by atoms with van der Waals surface area (Å²) in [5.74, 6) is 1.92. The number of ether oxygens (including phenoxy) is 1. The van der Waals surface area contributed by atoms with Gasteiger partial charge >= 0.3 is 0 Å². The maximum Gasteiger partial charge on any atom is 0.264 e. The lowest BCUT2D eigenvalue weighted by Gasteiger charge is -2.35. The van der Waals surface area contributed by atoms with Gasteiger partial charge in [-0.3, -0.25) is 9.89 Å². The van der Waals surface area contributed by atoms with Crippen LogP contribution < -0.4 is 4.74 Å². The predicted molar refractivity (Wildman–Crippen MR) is 93.5 cm³/mol. The number of nitrogens with one attached hydrogen (secondary N) is 1. The van der Waals surface area contributed by atoms with Gasteiger partial charge in [-0.1, -0.05) is 12.1 Å². The molecule has 1 amide bonds. The fraction of sp³-hybridized carbons (Fsp3) is 0.444. The normalized spacial score (nSPS) is 23.5. The molecule has 1 fully saturated rings. The van der Waals surface area contributed by atoms with Crippen molar-refractivity contribution in [1.29, 1.82) is 0 Å². The van der Waals surface area contributed by atoms with Crippen molar-refractivity contribution in [2.24, 2.45) is 0 Å². The summed E-state index contributed by atoms with van der Waals surface area (Å²) in [7, 11) is 0. The zero-order chi connectivity index (χ0) is 16.5. The van der Waals surface area contributed by atoms with Gasteiger partial charge in [0, 0.05) is 35.3 Å². The lowest BCUT2D eigenvalue weighted by atomic mass is 9.94. The van der Waals surface area contributed by atoms with Gasteiger partial charge in [0.15, 0.2) is 6.10 Å². The maximum absolute atomic E-state index is 12.9. The highest BCUT2D eigenvalue weighted by Gasteiger charge is 2.33. The molecule has 3 heterocycles. The number of likely N-dealkylation sites (tertiary alicyclic amines) is 1. The number of nitrogens with zero attached hydrogens (tertiary/aromatic N) is 2. The predicted octanol–water partition coefficient (Wildman–Crippen LogP) is 2.98. The van der Waals surface area contributed by atoms with Crippen molar-refractivity contribution in [3.63, 3.8) is 0 Å².